The van der Waals surface area contributed by atoms with Gasteiger partial charge in [-0.15, -0.1) is 0 Å². The summed E-state index contributed by atoms with van der Waals surface area (Å²) in [5.74, 6) is -0.0838. The number of anilines is 2. The number of morpholine rings is 1. The summed E-state index contributed by atoms with van der Waals surface area (Å²) in [6.07, 6.45) is 0. The van der Waals surface area contributed by atoms with Gasteiger partial charge in [-0.1, -0.05) is 42.5 Å². The van der Waals surface area contributed by atoms with Gasteiger partial charge in [0.25, 0.3) is 0 Å². The molecule has 3 aromatic carbocycles. The highest BCUT2D eigenvalue weighted by Gasteiger charge is 2.26. The molecule has 0 atom stereocenters. The first-order valence-electron chi connectivity index (χ1n) is 11.3. The Morgan fingerprint density at radius 2 is 1.68 bits per heavy atom. The lowest BCUT2D eigenvalue weighted by Gasteiger charge is -2.26. The van der Waals surface area contributed by atoms with Gasteiger partial charge in [-0.3, -0.25) is 4.79 Å². The van der Waals surface area contributed by atoms with Crippen LogP contribution in [0.4, 0.5) is 11.4 Å². The molecule has 1 aliphatic heterocycles. The minimum Gasteiger partial charge on any atom is -0.379 e. The second kappa shape index (κ2) is 10.8. The molecule has 1 heterocycles. The van der Waals surface area contributed by atoms with E-state index in [0.29, 0.717) is 38.5 Å². The quantitative estimate of drug-likeness (QED) is 0.534. The number of hydrogen-bond donors (Lipinski definition) is 1. The average Bonchev–Trinajstić information content (AvgIpc) is 2.87. The predicted molar refractivity (Wildman–Crippen MR) is 133 cm³/mol. The topological polar surface area (TPSA) is 79.0 Å². The standard InChI is InChI=1S/C26H29N3O4S/c1-21-6-5-9-24(18-21)29(20-22-7-3-2-4-8-22)26(30)19-27-23-10-12-25(13-11-23)34(31,32)28-14-16-33-17-15-28/h2-13,18,27H,14-17,19-20H2,1H3. The van der Waals surface area contributed by atoms with Crippen molar-refractivity contribution in [1.29, 1.82) is 0 Å². The summed E-state index contributed by atoms with van der Waals surface area (Å²) in [6.45, 7) is 4.06. The number of benzene rings is 3. The smallest absolute Gasteiger partial charge is 0.246 e. The van der Waals surface area contributed by atoms with Gasteiger partial charge in [0.05, 0.1) is 31.2 Å². The third-order valence-corrected chi connectivity index (χ3v) is 7.62. The van der Waals surface area contributed by atoms with Crippen LogP contribution in [0.1, 0.15) is 11.1 Å². The van der Waals surface area contributed by atoms with E-state index in [1.54, 1.807) is 29.2 Å². The first-order valence-corrected chi connectivity index (χ1v) is 12.7. The van der Waals surface area contributed by atoms with Crippen LogP contribution in [0.2, 0.25) is 0 Å². The van der Waals surface area contributed by atoms with Crippen molar-refractivity contribution in [3.63, 3.8) is 0 Å². The molecule has 8 heteroatoms. The molecule has 1 aliphatic rings. The van der Waals surface area contributed by atoms with E-state index in [1.165, 1.54) is 4.31 Å². The number of hydrogen-bond acceptors (Lipinski definition) is 5. The number of carbonyl (C=O) groups excluding carboxylic acids is 1. The summed E-state index contributed by atoms with van der Waals surface area (Å²) in [5.41, 5.74) is 3.63. The number of nitrogens with zero attached hydrogens (tertiary/aromatic N) is 2. The number of sulfonamides is 1. The van der Waals surface area contributed by atoms with Crippen molar-refractivity contribution < 1.29 is 17.9 Å². The van der Waals surface area contributed by atoms with Crippen LogP contribution >= 0.6 is 0 Å². The molecule has 0 unspecified atom stereocenters. The molecular weight excluding hydrogens is 450 g/mol. The molecule has 0 spiro atoms. The van der Waals surface area contributed by atoms with Crippen LogP contribution in [0.5, 0.6) is 0 Å². The highest BCUT2D eigenvalue weighted by molar-refractivity contribution is 7.89. The second-order valence-corrected chi connectivity index (χ2v) is 10.1. The lowest BCUT2D eigenvalue weighted by Crippen LogP contribution is -2.40. The fraction of sp³-hybridized carbons (Fsp3) is 0.269. The van der Waals surface area contributed by atoms with Crippen molar-refractivity contribution in [3.8, 4) is 0 Å². The highest BCUT2D eigenvalue weighted by Crippen LogP contribution is 2.21. The number of nitrogens with one attached hydrogen (secondary N) is 1. The number of carbonyl (C=O) groups is 1. The molecule has 0 saturated carbocycles. The summed E-state index contributed by atoms with van der Waals surface area (Å²) in [6, 6.07) is 24.2. The Labute approximate surface area is 201 Å². The van der Waals surface area contributed by atoms with Crippen molar-refractivity contribution in [2.24, 2.45) is 0 Å². The third kappa shape index (κ3) is 5.83. The fourth-order valence-corrected chi connectivity index (χ4v) is 5.25. The van der Waals surface area contributed by atoms with Crippen LogP contribution in [0, 0.1) is 6.92 Å². The first kappa shape index (κ1) is 23.9. The van der Waals surface area contributed by atoms with Crippen LogP contribution in [0.25, 0.3) is 0 Å². The maximum atomic E-state index is 13.2. The van der Waals surface area contributed by atoms with Gasteiger partial charge in [0, 0.05) is 24.5 Å². The monoisotopic (exact) mass is 479 g/mol. The number of amides is 1. The van der Waals surface area contributed by atoms with E-state index in [2.05, 4.69) is 5.32 Å². The zero-order chi connectivity index (χ0) is 24.0. The Morgan fingerprint density at radius 3 is 2.35 bits per heavy atom. The molecule has 0 aromatic heterocycles. The van der Waals surface area contributed by atoms with Crippen molar-refractivity contribution in [2.45, 2.75) is 18.4 Å². The second-order valence-electron chi connectivity index (χ2n) is 8.20. The molecule has 0 radical (unpaired) electrons. The van der Waals surface area contributed by atoms with E-state index in [0.717, 1.165) is 16.8 Å². The molecule has 1 amide bonds. The molecule has 1 saturated heterocycles. The van der Waals surface area contributed by atoms with E-state index in [1.807, 2.05) is 61.5 Å². The van der Waals surface area contributed by atoms with Crippen LogP contribution in [0.15, 0.2) is 83.8 Å². The van der Waals surface area contributed by atoms with Crippen LogP contribution in [-0.2, 0) is 26.1 Å². The van der Waals surface area contributed by atoms with E-state index in [9.17, 15) is 13.2 Å². The Bertz CT molecular complexity index is 1210. The van der Waals surface area contributed by atoms with Gasteiger partial charge >= 0.3 is 0 Å². The summed E-state index contributed by atoms with van der Waals surface area (Å²) < 4.78 is 32.3. The van der Waals surface area contributed by atoms with Crippen molar-refractivity contribution >= 4 is 27.3 Å². The van der Waals surface area contributed by atoms with Gasteiger partial charge in [-0.05, 0) is 54.4 Å². The average molecular weight is 480 g/mol. The molecule has 1 fully saturated rings. The van der Waals surface area contributed by atoms with E-state index < -0.39 is 10.0 Å². The van der Waals surface area contributed by atoms with E-state index in [-0.39, 0.29) is 17.3 Å². The van der Waals surface area contributed by atoms with Gasteiger partial charge < -0.3 is 15.0 Å². The molecule has 178 valence electrons. The normalized spacial score (nSPS) is 14.5. The Morgan fingerprint density at radius 1 is 0.971 bits per heavy atom. The maximum Gasteiger partial charge on any atom is 0.246 e. The van der Waals surface area contributed by atoms with Gasteiger partial charge in [-0.2, -0.15) is 4.31 Å². The zero-order valence-electron chi connectivity index (χ0n) is 19.2. The van der Waals surface area contributed by atoms with Crippen molar-refractivity contribution in [3.05, 3.63) is 90.0 Å². The van der Waals surface area contributed by atoms with Crippen LogP contribution < -0.4 is 10.2 Å². The first-order chi connectivity index (χ1) is 16.4. The number of aryl methyl sites for hydroxylation is 1. The Hall–Kier alpha value is -3.20. The van der Waals surface area contributed by atoms with Gasteiger partial charge in [0.2, 0.25) is 15.9 Å². The van der Waals surface area contributed by atoms with Gasteiger partial charge in [0.15, 0.2) is 0 Å². The SMILES string of the molecule is Cc1cccc(N(Cc2ccccc2)C(=O)CNc2ccc(S(=O)(=O)N3CCOCC3)cc2)c1. The molecular formula is C26H29N3O4S. The minimum atomic E-state index is -3.55. The number of ether oxygens (including phenoxy) is 1. The Kier molecular flexibility index (Phi) is 7.62. The highest BCUT2D eigenvalue weighted by atomic mass is 32.2. The van der Waals surface area contributed by atoms with Crippen molar-refractivity contribution in [1.82, 2.24) is 4.31 Å². The van der Waals surface area contributed by atoms with Gasteiger partial charge in [-0.25, -0.2) is 8.42 Å². The molecule has 0 aliphatic carbocycles. The molecule has 0 bridgehead atoms. The van der Waals surface area contributed by atoms with Crippen molar-refractivity contribution in [2.75, 3.05) is 43.1 Å². The maximum absolute atomic E-state index is 13.2. The van der Waals surface area contributed by atoms with Crippen LogP contribution in [-0.4, -0.2) is 51.5 Å². The van der Waals surface area contributed by atoms with Crippen LogP contribution in [0.3, 0.4) is 0 Å². The summed E-state index contributed by atoms with van der Waals surface area (Å²) >= 11 is 0. The molecule has 3 aromatic rings. The minimum absolute atomic E-state index is 0.0797. The molecule has 34 heavy (non-hydrogen) atoms. The fourth-order valence-electron chi connectivity index (χ4n) is 3.84. The molecule has 1 N–H and O–H groups in total. The Balaban J connectivity index is 1.45. The molecule has 7 nitrogen and oxygen atoms in total. The lowest BCUT2D eigenvalue weighted by molar-refractivity contribution is -0.117. The zero-order valence-corrected chi connectivity index (χ0v) is 20.0. The largest absolute Gasteiger partial charge is 0.379 e. The summed E-state index contributed by atoms with van der Waals surface area (Å²) in [7, 11) is -3.55. The third-order valence-electron chi connectivity index (χ3n) is 5.70. The van der Waals surface area contributed by atoms with Gasteiger partial charge in [0.1, 0.15) is 0 Å². The molecule has 4 rings (SSSR count). The van der Waals surface area contributed by atoms with E-state index in [4.69, 9.17) is 4.74 Å². The number of rotatable bonds is 8. The summed E-state index contributed by atoms with van der Waals surface area (Å²) in [5, 5.41) is 3.13. The summed E-state index contributed by atoms with van der Waals surface area (Å²) in [4.78, 5) is 15.2. The predicted octanol–water partition coefficient (Wildman–Crippen LogP) is 3.66. The lowest BCUT2D eigenvalue weighted by atomic mass is 10.1. The van der Waals surface area contributed by atoms with E-state index >= 15 is 0 Å².